The van der Waals surface area contributed by atoms with Gasteiger partial charge in [0.25, 0.3) is 0 Å². The van der Waals surface area contributed by atoms with Crippen molar-refractivity contribution < 1.29 is 22.9 Å². The number of aryl methyl sites for hydroxylation is 2. The number of allylic oxidation sites excluding steroid dienone is 2. The first kappa shape index (κ1) is 23.3. The molecule has 2 N–H and O–H groups in total. The number of nitrogens with zero attached hydrogens (tertiary/aromatic N) is 1. The molecule has 0 aliphatic heterocycles. The van der Waals surface area contributed by atoms with Gasteiger partial charge in [-0.3, -0.25) is 9.59 Å². The van der Waals surface area contributed by atoms with Crippen molar-refractivity contribution >= 4 is 39.0 Å². The number of amides is 1. The van der Waals surface area contributed by atoms with E-state index in [0.717, 1.165) is 0 Å². The summed E-state index contributed by atoms with van der Waals surface area (Å²) in [4.78, 5) is 23.9. The number of nitrogens with one attached hydrogen (secondary N) is 2. The van der Waals surface area contributed by atoms with E-state index in [1.54, 1.807) is 26.8 Å². The maximum absolute atomic E-state index is 14.7. The normalized spacial score (nSPS) is 11.4. The minimum atomic E-state index is -0.695. The molecule has 0 aliphatic rings. The van der Waals surface area contributed by atoms with Crippen molar-refractivity contribution in [3.05, 3.63) is 75.2 Å². The van der Waals surface area contributed by atoms with Gasteiger partial charge >= 0.3 is 0 Å². The lowest BCUT2D eigenvalue weighted by Gasteiger charge is -2.12. The third-order valence-corrected chi connectivity index (χ3v) is 5.26. The molecule has 3 rings (SSSR count). The molecule has 0 bridgehead atoms. The van der Waals surface area contributed by atoms with Gasteiger partial charge in [-0.25, -0.2) is 8.78 Å². The molecule has 0 saturated carbocycles. The Balaban J connectivity index is 1.83. The predicted molar refractivity (Wildman–Crippen MR) is 121 cm³/mol. The van der Waals surface area contributed by atoms with Crippen molar-refractivity contribution in [3.63, 3.8) is 0 Å². The monoisotopic (exact) mass is 503 g/mol. The molecule has 6 nitrogen and oxygen atoms in total. The van der Waals surface area contributed by atoms with Gasteiger partial charge in [0.15, 0.2) is 5.78 Å². The van der Waals surface area contributed by atoms with Crippen LogP contribution in [-0.4, -0.2) is 16.8 Å². The summed E-state index contributed by atoms with van der Waals surface area (Å²) in [6.07, 6.45) is 1.17. The molecule has 0 spiro atoms. The van der Waals surface area contributed by atoms with Crippen LogP contribution in [0.3, 0.4) is 0 Å². The van der Waals surface area contributed by atoms with Crippen LogP contribution in [0.25, 0.3) is 11.1 Å². The van der Waals surface area contributed by atoms with E-state index in [9.17, 15) is 18.4 Å². The maximum Gasteiger partial charge on any atom is 0.221 e. The Morgan fingerprint density at radius 2 is 1.75 bits per heavy atom. The highest BCUT2D eigenvalue weighted by molar-refractivity contribution is 9.10. The highest BCUT2D eigenvalue weighted by Crippen LogP contribution is 2.30. The van der Waals surface area contributed by atoms with Crippen LogP contribution in [0.4, 0.5) is 20.2 Å². The van der Waals surface area contributed by atoms with Gasteiger partial charge in [0.1, 0.15) is 17.4 Å². The number of carbonyl (C=O) groups excluding carboxylic acids is 2. The molecule has 1 heterocycles. The second kappa shape index (κ2) is 9.44. The van der Waals surface area contributed by atoms with Gasteiger partial charge in [0.2, 0.25) is 5.91 Å². The van der Waals surface area contributed by atoms with E-state index in [1.165, 1.54) is 37.3 Å². The Morgan fingerprint density at radius 3 is 2.34 bits per heavy atom. The third kappa shape index (κ3) is 5.11. The van der Waals surface area contributed by atoms with Crippen molar-refractivity contribution in [2.24, 2.45) is 0 Å². The van der Waals surface area contributed by atoms with Crippen molar-refractivity contribution in [2.45, 2.75) is 27.7 Å². The molecule has 0 saturated heterocycles. The number of rotatable bonds is 6. The first-order valence-electron chi connectivity index (χ1n) is 9.56. The molecule has 0 atom stereocenters. The summed E-state index contributed by atoms with van der Waals surface area (Å²) in [6, 6.07) is 6.84. The number of anilines is 2. The first-order chi connectivity index (χ1) is 15.1. The number of hydrogen-bond acceptors (Lipinski definition) is 5. The number of ketones is 1. The van der Waals surface area contributed by atoms with E-state index in [-0.39, 0.29) is 17.2 Å². The summed E-state index contributed by atoms with van der Waals surface area (Å²) < 4.78 is 34.5. The molecule has 2 aromatic carbocycles. The fraction of sp³-hybridized carbons (Fsp3) is 0.174. The lowest BCUT2D eigenvalue weighted by molar-refractivity contribution is -0.114. The highest BCUT2D eigenvalue weighted by atomic mass is 79.9. The van der Waals surface area contributed by atoms with Crippen LogP contribution >= 0.6 is 15.9 Å². The molecule has 166 valence electrons. The molecule has 0 fully saturated rings. The Morgan fingerprint density at radius 1 is 1.03 bits per heavy atom. The highest BCUT2D eigenvalue weighted by Gasteiger charge is 2.16. The third-order valence-electron chi connectivity index (χ3n) is 4.60. The molecule has 0 unspecified atom stereocenters. The van der Waals surface area contributed by atoms with Gasteiger partial charge in [0.05, 0.1) is 22.6 Å². The van der Waals surface area contributed by atoms with E-state index >= 15 is 0 Å². The molecule has 0 aliphatic carbocycles. The molecular weight excluding hydrogens is 484 g/mol. The number of aromatic nitrogens is 1. The zero-order chi connectivity index (χ0) is 23.6. The Hall–Kier alpha value is -3.33. The number of benzene rings is 2. The van der Waals surface area contributed by atoms with Crippen LogP contribution < -0.4 is 10.6 Å². The lowest BCUT2D eigenvalue weighted by atomic mass is 10.0. The summed E-state index contributed by atoms with van der Waals surface area (Å²) >= 11 is 3.18. The van der Waals surface area contributed by atoms with E-state index in [0.29, 0.717) is 38.4 Å². The number of halogens is 3. The quantitative estimate of drug-likeness (QED) is 0.311. The van der Waals surface area contributed by atoms with Crippen LogP contribution in [0.15, 0.2) is 51.1 Å². The van der Waals surface area contributed by atoms with Crippen LogP contribution in [0.1, 0.15) is 35.7 Å². The second-order valence-corrected chi connectivity index (χ2v) is 8.06. The standard InChI is InChI=1S/C23H20BrF2N3O3/c1-11(27-21-10-20(28-14(4)30)17(24)9-19(21)26)7-22(31)16-6-5-15(8-18(16)25)23-12(2)29-32-13(23)3/h5-10,27H,1-4H3,(H,28,30)/b11-7+. The molecule has 3 aromatic rings. The SMILES string of the molecule is CC(=O)Nc1cc(N/C(C)=C/C(=O)c2ccc(-c3c(C)noc3C)cc2F)c(F)cc1Br. The van der Waals surface area contributed by atoms with Gasteiger partial charge in [0, 0.05) is 28.7 Å². The van der Waals surface area contributed by atoms with Gasteiger partial charge < -0.3 is 15.2 Å². The lowest BCUT2D eigenvalue weighted by Crippen LogP contribution is -2.08. The van der Waals surface area contributed by atoms with Crippen LogP contribution in [0.5, 0.6) is 0 Å². The van der Waals surface area contributed by atoms with Gasteiger partial charge in [-0.15, -0.1) is 0 Å². The summed E-state index contributed by atoms with van der Waals surface area (Å²) in [5.41, 5.74) is 2.43. The van der Waals surface area contributed by atoms with Gasteiger partial charge in [-0.1, -0.05) is 11.2 Å². The van der Waals surface area contributed by atoms with Crippen LogP contribution in [0, 0.1) is 25.5 Å². The number of hydrogen-bond donors (Lipinski definition) is 2. The number of carbonyl (C=O) groups is 2. The molecule has 32 heavy (non-hydrogen) atoms. The first-order valence-corrected chi connectivity index (χ1v) is 10.3. The van der Waals surface area contributed by atoms with E-state index in [4.69, 9.17) is 4.52 Å². The zero-order valence-electron chi connectivity index (χ0n) is 17.8. The predicted octanol–water partition coefficient (Wildman–Crippen LogP) is 6.16. The molecule has 1 amide bonds. The Kier molecular flexibility index (Phi) is 6.88. The smallest absolute Gasteiger partial charge is 0.221 e. The Labute approximate surface area is 191 Å². The zero-order valence-corrected chi connectivity index (χ0v) is 19.4. The van der Waals surface area contributed by atoms with Crippen LogP contribution in [-0.2, 0) is 4.79 Å². The average Bonchev–Trinajstić information content (AvgIpc) is 3.03. The van der Waals surface area contributed by atoms with E-state index in [2.05, 4.69) is 31.7 Å². The van der Waals surface area contributed by atoms with Crippen molar-refractivity contribution in [1.29, 1.82) is 0 Å². The Bertz CT molecular complexity index is 1230. The molecule has 1 aromatic heterocycles. The van der Waals surface area contributed by atoms with Crippen molar-refractivity contribution in [2.75, 3.05) is 10.6 Å². The summed E-state index contributed by atoms with van der Waals surface area (Å²) in [5, 5.41) is 9.20. The minimum absolute atomic E-state index is 0.0488. The van der Waals surface area contributed by atoms with Crippen molar-refractivity contribution in [3.8, 4) is 11.1 Å². The maximum atomic E-state index is 14.7. The molecule has 0 radical (unpaired) electrons. The summed E-state index contributed by atoms with van der Waals surface area (Å²) in [7, 11) is 0. The second-order valence-electron chi connectivity index (χ2n) is 7.20. The van der Waals surface area contributed by atoms with Crippen LogP contribution in [0.2, 0.25) is 0 Å². The fourth-order valence-electron chi connectivity index (χ4n) is 3.22. The van der Waals surface area contributed by atoms with E-state index < -0.39 is 17.4 Å². The van der Waals surface area contributed by atoms with Crippen molar-refractivity contribution in [1.82, 2.24) is 5.16 Å². The summed E-state index contributed by atoms with van der Waals surface area (Å²) in [6.45, 7) is 6.35. The molecule has 9 heteroatoms. The van der Waals surface area contributed by atoms with Gasteiger partial charge in [-0.2, -0.15) is 0 Å². The van der Waals surface area contributed by atoms with Gasteiger partial charge in [-0.05, 0) is 66.5 Å². The minimum Gasteiger partial charge on any atom is -0.361 e. The topological polar surface area (TPSA) is 84.2 Å². The van der Waals surface area contributed by atoms with E-state index in [1.807, 2.05) is 0 Å². The summed E-state index contributed by atoms with van der Waals surface area (Å²) in [5.74, 6) is -1.64. The largest absolute Gasteiger partial charge is 0.361 e. The fourth-order valence-corrected chi connectivity index (χ4v) is 3.63. The average molecular weight is 504 g/mol. The molecular formula is C23H20BrF2N3O3.